The number of aliphatic imine (C=N–C) groups is 1. The molecule has 0 aliphatic carbocycles. The van der Waals surface area contributed by atoms with Gasteiger partial charge in [-0.2, -0.15) is 0 Å². The van der Waals surface area contributed by atoms with E-state index in [0.717, 1.165) is 10.6 Å². The Labute approximate surface area is 76.8 Å². The fourth-order valence-electron chi connectivity index (χ4n) is 0.897. The van der Waals surface area contributed by atoms with Crippen molar-refractivity contribution in [2.24, 2.45) is 4.99 Å². The van der Waals surface area contributed by atoms with Crippen LogP contribution in [0.3, 0.4) is 0 Å². The Kier molecular flexibility index (Phi) is 3.00. The summed E-state index contributed by atoms with van der Waals surface area (Å²) in [6.07, 6.45) is 3.58. The Morgan fingerprint density at radius 3 is 2.75 bits per heavy atom. The van der Waals surface area contributed by atoms with Crippen LogP contribution in [0.1, 0.15) is 9.75 Å². The number of thiophene rings is 1. The quantitative estimate of drug-likeness (QED) is 0.496. The minimum Gasteiger partial charge on any atom is -0.263 e. The van der Waals surface area contributed by atoms with Crippen molar-refractivity contribution < 1.29 is 0 Å². The molecular formula is C10H11NS. The molecule has 1 rings (SSSR count). The van der Waals surface area contributed by atoms with E-state index in [1.54, 1.807) is 17.4 Å². The Balaban J connectivity index is 3.02. The number of aryl methyl sites for hydroxylation is 1. The second kappa shape index (κ2) is 4.02. The van der Waals surface area contributed by atoms with Gasteiger partial charge >= 0.3 is 0 Å². The first kappa shape index (κ1) is 8.94. The van der Waals surface area contributed by atoms with Crippen LogP contribution in [0, 0.1) is 6.92 Å². The SMILES string of the molecule is C=C/C=C(\N=C)c1ccc(C)s1. The number of hydrogen-bond acceptors (Lipinski definition) is 2. The van der Waals surface area contributed by atoms with Gasteiger partial charge in [0.15, 0.2) is 0 Å². The van der Waals surface area contributed by atoms with E-state index >= 15 is 0 Å². The summed E-state index contributed by atoms with van der Waals surface area (Å²) < 4.78 is 0. The lowest BCUT2D eigenvalue weighted by Gasteiger charge is -1.93. The highest BCUT2D eigenvalue weighted by molar-refractivity contribution is 7.13. The molecule has 0 aliphatic rings. The van der Waals surface area contributed by atoms with E-state index in [4.69, 9.17) is 0 Å². The summed E-state index contributed by atoms with van der Waals surface area (Å²) in [4.78, 5) is 6.33. The molecule has 0 saturated heterocycles. The molecule has 0 unspecified atom stereocenters. The fourth-order valence-corrected chi connectivity index (χ4v) is 1.75. The van der Waals surface area contributed by atoms with Gasteiger partial charge in [-0.3, -0.25) is 4.99 Å². The van der Waals surface area contributed by atoms with E-state index in [-0.39, 0.29) is 0 Å². The fraction of sp³-hybridized carbons (Fsp3) is 0.100. The third kappa shape index (κ3) is 1.92. The zero-order valence-corrected chi connectivity index (χ0v) is 7.90. The number of hydrogen-bond donors (Lipinski definition) is 0. The molecule has 0 radical (unpaired) electrons. The van der Waals surface area contributed by atoms with Gasteiger partial charge in [-0.25, -0.2) is 0 Å². The van der Waals surface area contributed by atoms with Gasteiger partial charge in [0.05, 0.1) is 10.6 Å². The smallest absolute Gasteiger partial charge is 0.0794 e. The summed E-state index contributed by atoms with van der Waals surface area (Å²) >= 11 is 1.71. The Bertz CT molecular complexity index is 320. The minimum absolute atomic E-state index is 0.892. The first-order valence-corrected chi connectivity index (χ1v) is 4.46. The highest BCUT2D eigenvalue weighted by Gasteiger charge is 1.99. The van der Waals surface area contributed by atoms with Gasteiger partial charge in [-0.05, 0) is 31.9 Å². The van der Waals surface area contributed by atoms with Crippen molar-refractivity contribution in [2.45, 2.75) is 6.92 Å². The molecule has 0 atom stereocenters. The lowest BCUT2D eigenvalue weighted by Crippen LogP contribution is -1.70. The van der Waals surface area contributed by atoms with Crippen molar-refractivity contribution >= 4 is 23.8 Å². The van der Waals surface area contributed by atoms with Crippen LogP contribution in [0.5, 0.6) is 0 Å². The van der Waals surface area contributed by atoms with Crippen molar-refractivity contribution in [3.05, 3.63) is 40.6 Å². The molecule has 1 heterocycles. The van der Waals surface area contributed by atoms with Gasteiger partial charge in [0.25, 0.3) is 0 Å². The van der Waals surface area contributed by atoms with Crippen LogP contribution in [0.2, 0.25) is 0 Å². The number of allylic oxidation sites excluding steroid dienone is 2. The van der Waals surface area contributed by atoms with Crippen molar-refractivity contribution in [2.75, 3.05) is 0 Å². The Morgan fingerprint density at radius 1 is 1.58 bits per heavy atom. The summed E-state index contributed by atoms with van der Waals surface area (Å²) in [5.41, 5.74) is 0.892. The molecular weight excluding hydrogens is 166 g/mol. The van der Waals surface area contributed by atoms with Gasteiger partial charge in [0.1, 0.15) is 0 Å². The highest BCUT2D eigenvalue weighted by Crippen LogP contribution is 2.24. The second-order valence-corrected chi connectivity index (χ2v) is 3.64. The molecule has 1 aromatic heterocycles. The largest absolute Gasteiger partial charge is 0.263 e. The number of rotatable bonds is 3. The molecule has 0 spiro atoms. The molecule has 2 heteroatoms. The average molecular weight is 177 g/mol. The second-order valence-electron chi connectivity index (χ2n) is 2.36. The summed E-state index contributed by atoms with van der Waals surface area (Å²) in [6, 6.07) is 4.12. The van der Waals surface area contributed by atoms with Gasteiger partial charge in [0, 0.05) is 4.88 Å². The van der Waals surface area contributed by atoms with Crippen LogP contribution in [0.15, 0.2) is 35.9 Å². The maximum Gasteiger partial charge on any atom is 0.0794 e. The van der Waals surface area contributed by atoms with Crippen LogP contribution in [-0.2, 0) is 0 Å². The minimum atomic E-state index is 0.892. The van der Waals surface area contributed by atoms with Crippen molar-refractivity contribution in [3.8, 4) is 0 Å². The third-order valence-corrected chi connectivity index (χ3v) is 2.46. The molecule has 62 valence electrons. The molecule has 1 aromatic rings. The third-order valence-electron chi connectivity index (χ3n) is 1.44. The highest BCUT2D eigenvalue weighted by atomic mass is 32.1. The number of nitrogens with zero attached hydrogens (tertiary/aromatic N) is 1. The average Bonchev–Trinajstić information content (AvgIpc) is 2.47. The summed E-state index contributed by atoms with van der Waals surface area (Å²) in [7, 11) is 0. The first-order valence-electron chi connectivity index (χ1n) is 3.64. The lowest BCUT2D eigenvalue weighted by molar-refractivity contribution is 1.61. The predicted molar refractivity (Wildman–Crippen MR) is 56.8 cm³/mol. The van der Waals surface area contributed by atoms with Gasteiger partial charge in [-0.15, -0.1) is 11.3 Å². The molecule has 0 bridgehead atoms. The first-order chi connectivity index (χ1) is 5.77. The molecule has 0 N–H and O–H groups in total. The van der Waals surface area contributed by atoms with Gasteiger partial charge in [0.2, 0.25) is 0 Å². The van der Waals surface area contributed by atoms with Crippen LogP contribution in [-0.4, -0.2) is 6.72 Å². The van der Waals surface area contributed by atoms with E-state index in [0.29, 0.717) is 0 Å². The molecule has 0 aromatic carbocycles. The molecule has 0 fully saturated rings. The molecule has 0 amide bonds. The van der Waals surface area contributed by atoms with Crippen LogP contribution in [0.25, 0.3) is 5.70 Å². The Hall–Kier alpha value is -1.15. The van der Waals surface area contributed by atoms with Crippen LogP contribution < -0.4 is 0 Å². The molecule has 0 aliphatic heterocycles. The van der Waals surface area contributed by atoms with Crippen molar-refractivity contribution in [1.29, 1.82) is 0 Å². The zero-order chi connectivity index (χ0) is 8.97. The molecule has 1 nitrogen and oxygen atoms in total. The van der Waals surface area contributed by atoms with E-state index in [1.165, 1.54) is 4.88 Å². The van der Waals surface area contributed by atoms with Crippen LogP contribution >= 0.6 is 11.3 Å². The lowest BCUT2D eigenvalue weighted by atomic mass is 10.3. The topological polar surface area (TPSA) is 12.4 Å². The monoisotopic (exact) mass is 177 g/mol. The van der Waals surface area contributed by atoms with E-state index in [9.17, 15) is 0 Å². The van der Waals surface area contributed by atoms with E-state index in [2.05, 4.69) is 31.3 Å². The predicted octanol–water partition coefficient (Wildman–Crippen LogP) is 3.28. The maximum absolute atomic E-state index is 3.91. The normalized spacial score (nSPS) is 11.2. The molecule has 12 heavy (non-hydrogen) atoms. The van der Waals surface area contributed by atoms with Gasteiger partial charge < -0.3 is 0 Å². The van der Waals surface area contributed by atoms with Gasteiger partial charge in [-0.1, -0.05) is 12.7 Å². The van der Waals surface area contributed by atoms with E-state index in [1.807, 2.05) is 12.1 Å². The zero-order valence-electron chi connectivity index (χ0n) is 7.08. The Morgan fingerprint density at radius 2 is 2.33 bits per heavy atom. The van der Waals surface area contributed by atoms with E-state index < -0.39 is 0 Å². The molecule has 0 saturated carbocycles. The summed E-state index contributed by atoms with van der Waals surface area (Å²) in [6.45, 7) is 9.20. The standard InChI is InChI=1S/C10H11NS/c1-4-5-9(11-3)10-7-6-8(2)12-10/h4-7H,1,3H2,2H3/b9-5-. The summed E-state index contributed by atoms with van der Waals surface area (Å²) in [5, 5.41) is 0. The van der Waals surface area contributed by atoms with Crippen molar-refractivity contribution in [3.63, 3.8) is 0 Å². The maximum atomic E-state index is 3.91. The summed E-state index contributed by atoms with van der Waals surface area (Å²) in [5.74, 6) is 0. The van der Waals surface area contributed by atoms with Crippen LogP contribution in [0.4, 0.5) is 0 Å². The van der Waals surface area contributed by atoms with Crippen molar-refractivity contribution in [1.82, 2.24) is 0 Å².